The molecule has 126 valence electrons. The molecule has 0 atom stereocenters. The molecule has 0 radical (unpaired) electrons. The highest BCUT2D eigenvalue weighted by Gasteiger charge is 2.31. The van der Waals surface area contributed by atoms with Crippen LogP contribution in [0.5, 0.6) is 0 Å². The molecule has 0 fully saturated rings. The number of aromatic nitrogens is 4. The number of hydrogen-bond acceptors (Lipinski definition) is 3. The zero-order valence-corrected chi connectivity index (χ0v) is 13.8. The van der Waals surface area contributed by atoms with E-state index >= 15 is 0 Å². The largest absolute Gasteiger partial charge is 0.333 e. The van der Waals surface area contributed by atoms with Crippen LogP contribution in [0.15, 0.2) is 64.2 Å². The highest BCUT2D eigenvalue weighted by atomic mass is 16.2. The summed E-state index contributed by atoms with van der Waals surface area (Å²) in [7, 11) is 0. The molecule has 1 aliphatic rings. The van der Waals surface area contributed by atoms with E-state index in [0.717, 1.165) is 35.6 Å². The maximum absolute atomic E-state index is 12.6. The lowest BCUT2D eigenvalue weighted by molar-refractivity contribution is -0.678. The minimum atomic E-state index is -0.553. The molecule has 4 aromatic rings. The number of fused-ring (bicyclic) bond motifs is 4. The van der Waals surface area contributed by atoms with Crippen LogP contribution in [0.3, 0.4) is 0 Å². The van der Waals surface area contributed by atoms with Gasteiger partial charge in [0.2, 0.25) is 0 Å². The molecule has 6 heteroatoms. The monoisotopic (exact) mass is 343 g/mol. The van der Waals surface area contributed by atoms with Crippen LogP contribution in [0, 0.1) is 0 Å². The fraction of sp³-hybridized carbons (Fsp3) is 0.100. The van der Waals surface area contributed by atoms with Crippen molar-refractivity contribution in [2.45, 2.75) is 13.0 Å². The van der Waals surface area contributed by atoms with E-state index in [0.29, 0.717) is 11.0 Å². The molecule has 5 rings (SSSR count). The van der Waals surface area contributed by atoms with Gasteiger partial charge in [-0.05, 0) is 16.6 Å². The maximum Gasteiger partial charge on any atom is 0.333 e. The molecule has 0 unspecified atom stereocenters. The van der Waals surface area contributed by atoms with Gasteiger partial charge in [0.1, 0.15) is 0 Å². The van der Waals surface area contributed by atoms with Crippen molar-refractivity contribution in [1.82, 2.24) is 15.0 Å². The fourth-order valence-corrected chi connectivity index (χ4v) is 3.69. The van der Waals surface area contributed by atoms with Crippen LogP contribution >= 0.6 is 0 Å². The topological polar surface area (TPSA) is 82.5 Å². The molecule has 0 aliphatic carbocycles. The van der Waals surface area contributed by atoms with Gasteiger partial charge < -0.3 is 0 Å². The predicted molar refractivity (Wildman–Crippen MR) is 97.8 cm³/mol. The second kappa shape index (κ2) is 5.49. The Morgan fingerprint density at radius 1 is 0.923 bits per heavy atom. The molecule has 0 saturated heterocycles. The Morgan fingerprint density at radius 2 is 1.69 bits per heavy atom. The lowest BCUT2D eigenvalue weighted by Gasteiger charge is -2.18. The van der Waals surface area contributed by atoms with Crippen LogP contribution in [0.25, 0.3) is 33.7 Å². The van der Waals surface area contributed by atoms with E-state index in [-0.39, 0.29) is 0 Å². The van der Waals surface area contributed by atoms with Gasteiger partial charge in [0.15, 0.2) is 11.1 Å². The van der Waals surface area contributed by atoms with E-state index in [2.05, 4.69) is 25.6 Å². The summed E-state index contributed by atoms with van der Waals surface area (Å²) in [5.41, 5.74) is 3.26. The van der Waals surface area contributed by atoms with E-state index in [1.54, 1.807) is 0 Å². The smallest absolute Gasteiger partial charge is 0.273 e. The van der Waals surface area contributed by atoms with Gasteiger partial charge in [-0.2, -0.15) is 0 Å². The van der Waals surface area contributed by atoms with Crippen molar-refractivity contribution in [2.24, 2.45) is 0 Å². The Balaban J connectivity index is 1.99. The van der Waals surface area contributed by atoms with Crippen molar-refractivity contribution >= 4 is 11.0 Å². The fourth-order valence-electron chi connectivity index (χ4n) is 3.69. The zero-order chi connectivity index (χ0) is 17.7. The Kier molecular flexibility index (Phi) is 3.12. The predicted octanol–water partition coefficient (Wildman–Crippen LogP) is 1.79. The quantitative estimate of drug-likeness (QED) is 0.517. The van der Waals surface area contributed by atoms with Crippen molar-refractivity contribution in [2.75, 3.05) is 0 Å². The van der Waals surface area contributed by atoms with Crippen LogP contribution in [0.1, 0.15) is 5.56 Å². The number of aromatic amines is 2. The normalized spacial score (nSPS) is 12.6. The third kappa shape index (κ3) is 2.12. The van der Waals surface area contributed by atoms with Crippen LogP contribution in [0.4, 0.5) is 0 Å². The number of nitrogens with zero attached hydrogens (tertiary/aromatic N) is 2. The summed E-state index contributed by atoms with van der Waals surface area (Å²) in [4.78, 5) is 34.1. The lowest BCUT2D eigenvalue weighted by atomic mass is 9.98. The summed E-state index contributed by atoms with van der Waals surface area (Å²) in [5, 5.41) is 0.402. The van der Waals surface area contributed by atoms with Gasteiger partial charge in [-0.3, -0.25) is 14.8 Å². The Hall–Kier alpha value is -3.54. The van der Waals surface area contributed by atoms with Gasteiger partial charge in [0.25, 0.3) is 11.2 Å². The first kappa shape index (κ1) is 14.8. The first-order valence-electron chi connectivity index (χ1n) is 8.46. The molecule has 0 saturated carbocycles. The molecule has 0 spiro atoms. The third-order valence-corrected chi connectivity index (χ3v) is 4.81. The highest BCUT2D eigenvalue weighted by molar-refractivity contribution is 5.88. The van der Waals surface area contributed by atoms with E-state index in [9.17, 15) is 9.59 Å². The van der Waals surface area contributed by atoms with Gasteiger partial charge in [0.05, 0.1) is 12.1 Å². The molecule has 2 N–H and O–H groups in total. The molecule has 0 bridgehead atoms. The van der Waals surface area contributed by atoms with Gasteiger partial charge in [-0.1, -0.05) is 48.5 Å². The van der Waals surface area contributed by atoms with Crippen LogP contribution < -0.4 is 15.8 Å². The number of H-pyrrole nitrogens is 2. The van der Waals surface area contributed by atoms with Crippen molar-refractivity contribution in [3.8, 4) is 22.6 Å². The van der Waals surface area contributed by atoms with E-state index in [1.807, 2.05) is 48.5 Å². The second-order valence-corrected chi connectivity index (χ2v) is 6.34. The average molecular weight is 343 g/mol. The van der Waals surface area contributed by atoms with Crippen LogP contribution in [-0.2, 0) is 13.0 Å². The summed E-state index contributed by atoms with van der Waals surface area (Å²) in [6, 6.07) is 17.8. The first-order chi connectivity index (χ1) is 12.7. The summed E-state index contributed by atoms with van der Waals surface area (Å²) < 4.78 is 2.08. The van der Waals surface area contributed by atoms with Crippen molar-refractivity contribution in [3.63, 3.8) is 0 Å². The lowest BCUT2D eigenvalue weighted by Crippen LogP contribution is -2.45. The number of nitrogens with one attached hydrogen (secondary N) is 2. The van der Waals surface area contributed by atoms with Crippen molar-refractivity contribution in [1.29, 1.82) is 0 Å². The maximum atomic E-state index is 12.6. The molecule has 0 amide bonds. The van der Waals surface area contributed by atoms with E-state index < -0.39 is 11.2 Å². The summed E-state index contributed by atoms with van der Waals surface area (Å²) in [6.07, 6.45) is 0.863. The summed E-state index contributed by atoms with van der Waals surface area (Å²) in [6.45, 7) is 0.720. The van der Waals surface area contributed by atoms with E-state index in [1.165, 1.54) is 5.56 Å². The SMILES string of the molecule is O=c1[nH]c(=O)c2c(-c3ccccc3)[n+]3c(nc2[nH]1)-c1ccccc1CC3. The number of aryl methyl sites for hydroxylation is 1. The molecule has 1 aliphatic heterocycles. The highest BCUT2D eigenvalue weighted by Crippen LogP contribution is 2.29. The molecular formula is C20H15N4O2+. The Bertz CT molecular complexity index is 1270. The van der Waals surface area contributed by atoms with Crippen LogP contribution in [-0.4, -0.2) is 15.0 Å². The summed E-state index contributed by atoms with van der Waals surface area (Å²) in [5.74, 6) is 0.763. The molecule has 2 aromatic carbocycles. The molecule has 26 heavy (non-hydrogen) atoms. The number of hydrogen-bond donors (Lipinski definition) is 2. The van der Waals surface area contributed by atoms with Gasteiger partial charge in [-0.25, -0.2) is 9.36 Å². The number of rotatable bonds is 1. The molecule has 6 nitrogen and oxygen atoms in total. The minimum absolute atomic E-state index is 0.306. The van der Waals surface area contributed by atoms with Crippen LogP contribution in [0.2, 0.25) is 0 Å². The van der Waals surface area contributed by atoms with Crippen molar-refractivity contribution < 1.29 is 4.57 Å². The second-order valence-electron chi connectivity index (χ2n) is 6.34. The van der Waals surface area contributed by atoms with E-state index in [4.69, 9.17) is 0 Å². The van der Waals surface area contributed by atoms with Gasteiger partial charge in [-0.15, -0.1) is 0 Å². The van der Waals surface area contributed by atoms with Gasteiger partial charge >= 0.3 is 11.5 Å². The zero-order valence-electron chi connectivity index (χ0n) is 13.8. The first-order valence-corrected chi connectivity index (χ1v) is 8.46. The summed E-state index contributed by atoms with van der Waals surface area (Å²) >= 11 is 0. The Morgan fingerprint density at radius 3 is 2.54 bits per heavy atom. The average Bonchev–Trinajstić information content (AvgIpc) is 2.67. The molecule has 2 aromatic heterocycles. The molecule has 3 heterocycles. The van der Waals surface area contributed by atoms with Gasteiger partial charge in [0, 0.05) is 12.0 Å². The Labute approximate surface area is 147 Å². The number of benzene rings is 2. The minimum Gasteiger partial charge on any atom is -0.273 e. The third-order valence-electron chi connectivity index (χ3n) is 4.81. The molecular weight excluding hydrogens is 328 g/mol. The standard InChI is InChI=1S/C20H14N4O2/c25-19-15-16(13-7-2-1-3-8-13)24-11-10-12-6-4-5-9-14(12)18(24)21-17(15)22-20(26)23-19/h1-9H,10-11H2,(H,23,25,26)/p+1. The van der Waals surface area contributed by atoms with Crippen molar-refractivity contribution in [3.05, 3.63) is 81.0 Å².